The molecule has 0 aliphatic heterocycles. The molecule has 30 heavy (non-hydrogen) atoms. The Balaban J connectivity index is 0.00000450. The zero-order valence-electron chi connectivity index (χ0n) is 16.9. The van der Waals surface area contributed by atoms with Gasteiger partial charge in [0.05, 0.1) is 5.56 Å². The second-order valence-corrected chi connectivity index (χ2v) is 7.82. The number of aromatic nitrogens is 1. The van der Waals surface area contributed by atoms with Crippen molar-refractivity contribution in [3.8, 4) is 0 Å². The van der Waals surface area contributed by atoms with Crippen LogP contribution in [0, 0.1) is 0 Å². The van der Waals surface area contributed by atoms with E-state index in [1.165, 1.54) is 0 Å². The lowest BCUT2D eigenvalue weighted by molar-refractivity contribution is -0.697. The number of hydrogen-bond donors (Lipinski definition) is 2. The number of nitrogens with one attached hydrogen (secondary N) is 1. The maximum Gasteiger partial charge on any atom is 0.252 e. The second-order valence-electron chi connectivity index (χ2n) is 6.72. The van der Waals surface area contributed by atoms with E-state index in [0.29, 0.717) is 42.7 Å². The predicted octanol–water partition coefficient (Wildman–Crippen LogP) is -0.147. The van der Waals surface area contributed by atoms with Gasteiger partial charge in [0.15, 0.2) is 17.5 Å². The highest BCUT2D eigenvalue weighted by molar-refractivity contribution is 8.13. The molecule has 0 saturated heterocycles. The summed E-state index contributed by atoms with van der Waals surface area (Å²) in [6.07, 6.45) is 7.88. The molecule has 0 unspecified atom stereocenters. The van der Waals surface area contributed by atoms with Crippen LogP contribution in [-0.4, -0.2) is 23.5 Å². The number of unbranched alkanes of at least 4 members (excludes halogenated alkanes) is 2. The van der Waals surface area contributed by atoms with E-state index >= 15 is 0 Å². The van der Waals surface area contributed by atoms with Crippen LogP contribution in [0.25, 0.3) is 0 Å². The molecule has 0 radical (unpaired) electrons. The standard InChI is InChI=1S/C22H27N3O3S.BrH/c23-20(26)12-4-6-14-24-22(28)18-10-2-3-11-19(18)29-21(27)13-5-9-17-25-15-7-1-8-16-25;/h1-3,7-8,10-11,15-16H,4-6,9,12-14,17H2,(H2-,23,24,26,28);1H. The molecule has 0 spiro atoms. The summed E-state index contributed by atoms with van der Waals surface area (Å²) in [5, 5.41) is 2.90. The number of halogens is 1. The molecule has 0 atom stereocenters. The number of aryl methyl sites for hydroxylation is 1. The number of rotatable bonds is 12. The molecule has 0 aliphatic carbocycles. The second kappa shape index (κ2) is 14.7. The van der Waals surface area contributed by atoms with Crippen molar-refractivity contribution < 1.29 is 35.9 Å². The third kappa shape index (κ3) is 10.0. The number of benzene rings is 1. The van der Waals surface area contributed by atoms with Crippen molar-refractivity contribution in [3.63, 3.8) is 0 Å². The fraction of sp³-hybridized carbons (Fsp3) is 0.364. The lowest BCUT2D eigenvalue weighted by Crippen LogP contribution is -3.00. The fourth-order valence-corrected chi connectivity index (χ4v) is 3.69. The van der Waals surface area contributed by atoms with Crippen LogP contribution in [-0.2, 0) is 16.1 Å². The zero-order valence-corrected chi connectivity index (χ0v) is 19.3. The number of nitrogens with two attached hydrogens (primary N) is 1. The van der Waals surface area contributed by atoms with Gasteiger partial charge in [-0.2, -0.15) is 0 Å². The number of hydrogen-bond acceptors (Lipinski definition) is 4. The first-order valence-corrected chi connectivity index (χ1v) is 10.7. The van der Waals surface area contributed by atoms with Gasteiger partial charge in [-0.1, -0.05) is 30.0 Å². The minimum absolute atomic E-state index is 0. The largest absolute Gasteiger partial charge is 1.00 e. The molecule has 2 rings (SSSR count). The molecule has 2 aromatic rings. The van der Waals surface area contributed by atoms with Crippen LogP contribution in [0.3, 0.4) is 0 Å². The summed E-state index contributed by atoms with van der Waals surface area (Å²) in [5.74, 6) is -0.542. The minimum Gasteiger partial charge on any atom is -1.00 e. The van der Waals surface area contributed by atoms with Crippen LogP contribution in [0.5, 0.6) is 0 Å². The topological polar surface area (TPSA) is 93.1 Å². The summed E-state index contributed by atoms with van der Waals surface area (Å²) in [6, 6.07) is 13.1. The highest BCUT2D eigenvalue weighted by atomic mass is 79.9. The van der Waals surface area contributed by atoms with E-state index in [0.717, 1.165) is 31.1 Å². The van der Waals surface area contributed by atoms with Gasteiger partial charge in [-0.3, -0.25) is 14.4 Å². The van der Waals surface area contributed by atoms with Gasteiger partial charge in [0.1, 0.15) is 6.54 Å². The Labute approximate surface area is 192 Å². The molecule has 0 bridgehead atoms. The Morgan fingerprint density at radius 1 is 0.900 bits per heavy atom. The lowest BCUT2D eigenvalue weighted by atomic mass is 10.2. The molecular formula is C22H28BrN3O3S. The molecule has 8 heteroatoms. The van der Waals surface area contributed by atoms with Crippen LogP contribution < -0.4 is 32.6 Å². The van der Waals surface area contributed by atoms with Crippen molar-refractivity contribution in [2.75, 3.05) is 6.54 Å². The maximum atomic E-state index is 12.4. The number of carbonyl (C=O) groups is 3. The first-order chi connectivity index (χ1) is 14.1. The van der Waals surface area contributed by atoms with E-state index in [1.54, 1.807) is 18.2 Å². The summed E-state index contributed by atoms with van der Waals surface area (Å²) in [7, 11) is 0. The van der Waals surface area contributed by atoms with Crippen LogP contribution >= 0.6 is 11.8 Å². The minimum atomic E-state index is -0.334. The molecule has 162 valence electrons. The average Bonchev–Trinajstić information content (AvgIpc) is 2.72. The molecule has 2 amide bonds. The van der Waals surface area contributed by atoms with Gasteiger partial charge < -0.3 is 28.0 Å². The summed E-state index contributed by atoms with van der Waals surface area (Å²) in [4.78, 5) is 36.2. The summed E-state index contributed by atoms with van der Waals surface area (Å²) >= 11 is 1.12. The van der Waals surface area contributed by atoms with Gasteiger partial charge in [-0.05, 0) is 31.4 Å². The van der Waals surface area contributed by atoms with Crippen molar-refractivity contribution in [2.24, 2.45) is 5.73 Å². The van der Waals surface area contributed by atoms with E-state index in [4.69, 9.17) is 5.73 Å². The van der Waals surface area contributed by atoms with Crippen molar-refractivity contribution >= 4 is 28.7 Å². The zero-order chi connectivity index (χ0) is 20.9. The smallest absolute Gasteiger partial charge is 0.252 e. The highest BCUT2D eigenvalue weighted by Crippen LogP contribution is 2.25. The summed E-state index contributed by atoms with van der Waals surface area (Å²) in [6.45, 7) is 1.35. The Bertz CT molecular complexity index is 818. The van der Waals surface area contributed by atoms with Crippen LogP contribution in [0.2, 0.25) is 0 Å². The van der Waals surface area contributed by atoms with Gasteiger partial charge in [0.2, 0.25) is 5.91 Å². The number of pyridine rings is 1. The lowest BCUT2D eigenvalue weighted by Gasteiger charge is -2.09. The molecular weight excluding hydrogens is 466 g/mol. The van der Waals surface area contributed by atoms with E-state index in [1.807, 2.05) is 36.7 Å². The molecule has 1 aromatic carbocycles. The molecule has 0 aliphatic rings. The quantitative estimate of drug-likeness (QED) is 0.244. The van der Waals surface area contributed by atoms with E-state index in [2.05, 4.69) is 9.88 Å². The van der Waals surface area contributed by atoms with E-state index in [9.17, 15) is 14.4 Å². The van der Waals surface area contributed by atoms with Crippen LogP contribution in [0.4, 0.5) is 0 Å². The molecule has 6 nitrogen and oxygen atoms in total. The molecule has 1 heterocycles. The third-order valence-corrected chi connectivity index (χ3v) is 5.32. The van der Waals surface area contributed by atoms with Crippen LogP contribution in [0.15, 0.2) is 59.8 Å². The first kappa shape index (κ1) is 25.8. The third-order valence-electron chi connectivity index (χ3n) is 4.32. The van der Waals surface area contributed by atoms with Crippen molar-refractivity contribution in [2.45, 2.75) is 50.0 Å². The Morgan fingerprint density at radius 2 is 1.60 bits per heavy atom. The molecule has 3 N–H and O–H groups in total. The van der Waals surface area contributed by atoms with Gasteiger partial charge in [0, 0.05) is 42.8 Å². The number of primary amides is 1. The average molecular weight is 494 g/mol. The molecule has 1 aromatic heterocycles. The Hall–Kier alpha value is -2.19. The van der Waals surface area contributed by atoms with Crippen molar-refractivity contribution in [1.82, 2.24) is 5.32 Å². The van der Waals surface area contributed by atoms with Crippen LogP contribution in [0.1, 0.15) is 48.9 Å². The van der Waals surface area contributed by atoms with Gasteiger partial charge >= 0.3 is 0 Å². The van der Waals surface area contributed by atoms with Gasteiger partial charge in [-0.15, -0.1) is 0 Å². The maximum absolute atomic E-state index is 12.4. The van der Waals surface area contributed by atoms with E-state index < -0.39 is 0 Å². The number of amides is 2. The summed E-state index contributed by atoms with van der Waals surface area (Å²) < 4.78 is 2.10. The predicted molar refractivity (Wildman–Crippen MR) is 113 cm³/mol. The van der Waals surface area contributed by atoms with Gasteiger partial charge in [-0.25, -0.2) is 4.57 Å². The number of carbonyl (C=O) groups excluding carboxylic acids is 3. The SMILES string of the molecule is NC(=O)CCCCNC(=O)c1ccccc1SC(=O)CCCC[n+]1ccccc1.[Br-]. The monoisotopic (exact) mass is 493 g/mol. The Morgan fingerprint density at radius 3 is 2.33 bits per heavy atom. The first-order valence-electron chi connectivity index (χ1n) is 9.86. The molecule has 0 fully saturated rings. The highest BCUT2D eigenvalue weighted by Gasteiger charge is 2.14. The van der Waals surface area contributed by atoms with Crippen molar-refractivity contribution in [1.29, 1.82) is 0 Å². The number of thioether (sulfide) groups is 1. The summed E-state index contributed by atoms with van der Waals surface area (Å²) in [5.41, 5.74) is 5.60. The van der Waals surface area contributed by atoms with Gasteiger partial charge in [0.25, 0.3) is 5.91 Å². The fourth-order valence-electron chi connectivity index (χ4n) is 2.79. The normalized spacial score (nSPS) is 10.1. The van der Waals surface area contributed by atoms with Crippen molar-refractivity contribution in [3.05, 3.63) is 60.4 Å². The number of nitrogens with zero attached hydrogens (tertiary/aromatic N) is 1. The molecule has 0 saturated carbocycles. The van der Waals surface area contributed by atoms with E-state index in [-0.39, 0.29) is 33.9 Å². The Kier molecular flexibility index (Phi) is 12.7.